The first-order valence-electron chi connectivity index (χ1n) is 11.8. The van der Waals surface area contributed by atoms with Crippen LogP contribution in [0.3, 0.4) is 0 Å². The van der Waals surface area contributed by atoms with E-state index in [4.69, 9.17) is 11.6 Å². The molecule has 1 saturated carbocycles. The lowest BCUT2D eigenvalue weighted by atomic mass is 9.84. The molecular formula is C25H27ClF2N2O4S. The zero-order valence-electron chi connectivity index (χ0n) is 19.0. The Kier molecular flexibility index (Phi) is 6.40. The van der Waals surface area contributed by atoms with Crippen molar-refractivity contribution in [2.45, 2.75) is 61.6 Å². The van der Waals surface area contributed by atoms with Crippen LogP contribution in [0.1, 0.15) is 50.1 Å². The quantitative estimate of drug-likeness (QED) is 0.633. The van der Waals surface area contributed by atoms with Crippen LogP contribution in [-0.2, 0) is 14.8 Å². The third kappa shape index (κ3) is 4.48. The van der Waals surface area contributed by atoms with Gasteiger partial charge in [-0.15, -0.1) is 0 Å². The van der Waals surface area contributed by atoms with Gasteiger partial charge in [-0.2, -0.15) is 4.31 Å². The van der Waals surface area contributed by atoms with Crippen LogP contribution in [0.5, 0.6) is 0 Å². The number of rotatable bonds is 5. The van der Waals surface area contributed by atoms with E-state index in [2.05, 4.69) is 0 Å². The largest absolute Gasteiger partial charge is 0.391 e. The van der Waals surface area contributed by atoms with Crippen molar-refractivity contribution in [2.75, 3.05) is 13.1 Å². The van der Waals surface area contributed by atoms with Crippen molar-refractivity contribution in [3.8, 4) is 0 Å². The van der Waals surface area contributed by atoms with E-state index in [0.717, 1.165) is 6.07 Å². The maximum absolute atomic E-state index is 14.2. The Bertz CT molecular complexity index is 1220. The zero-order valence-corrected chi connectivity index (χ0v) is 20.6. The Morgan fingerprint density at radius 3 is 2.26 bits per heavy atom. The van der Waals surface area contributed by atoms with Gasteiger partial charge in [-0.25, -0.2) is 17.2 Å². The van der Waals surface area contributed by atoms with E-state index in [-0.39, 0.29) is 22.9 Å². The molecule has 2 heterocycles. The van der Waals surface area contributed by atoms with Gasteiger partial charge in [0.15, 0.2) is 0 Å². The molecule has 188 valence electrons. The molecule has 35 heavy (non-hydrogen) atoms. The molecule has 10 heteroatoms. The first kappa shape index (κ1) is 24.6. The number of benzene rings is 2. The number of hydrogen-bond acceptors (Lipinski definition) is 4. The molecule has 2 saturated heterocycles. The van der Waals surface area contributed by atoms with Crippen LogP contribution < -0.4 is 0 Å². The van der Waals surface area contributed by atoms with Gasteiger partial charge in [0.25, 0.3) is 0 Å². The molecule has 3 atom stereocenters. The van der Waals surface area contributed by atoms with E-state index >= 15 is 0 Å². The summed E-state index contributed by atoms with van der Waals surface area (Å²) in [4.78, 5) is 15.3. The number of likely N-dealkylation sites (tertiary alicyclic amines) is 1. The summed E-state index contributed by atoms with van der Waals surface area (Å²) >= 11 is 5.98. The van der Waals surface area contributed by atoms with Gasteiger partial charge in [-0.1, -0.05) is 11.6 Å². The molecule has 0 bridgehead atoms. The summed E-state index contributed by atoms with van der Waals surface area (Å²) in [5, 5.41) is 10.3. The molecule has 1 aliphatic carbocycles. The molecule has 0 aromatic heterocycles. The van der Waals surface area contributed by atoms with Crippen molar-refractivity contribution < 1.29 is 27.1 Å². The minimum Gasteiger partial charge on any atom is -0.391 e. The van der Waals surface area contributed by atoms with Crippen molar-refractivity contribution >= 4 is 27.5 Å². The number of sulfonamides is 1. The monoisotopic (exact) mass is 524 g/mol. The molecule has 2 aromatic rings. The fourth-order valence-electron chi connectivity index (χ4n) is 5.71. The Labute approximate surface area is 208 Å². The van der Waals surface area contributed by atoms with Crippen LogP contribution in [0, 0.1) is 17.0 Å². The van der Waals surface area contributed by atoms with Crippen LogP contribution in [0.15, 0.2) is 47.4 Å². The predicted octanol–water partition coefficient (Wildman–Crippen LogP) is 4.28. The first-order valence-corrected chi connectivity index (χ1v) is 13.7. The lowest BCUT2D eigenvalue weighted by molar-refractivity contribution is -0.139. The fourth-order valence-corrected chi connectivity index (χ4v) is 7.76. The summed E-state index contributed by atoms with van der Waals surface area (Å²) in [5.74, 6) is -1.72. The third-order valence-electron chi connectivity index (χ3n) is 7.53. The average Bonchev–Trinajstić information content (AvgIpc) is 3.52. The number of aliphatic hydroxyl groups is 1. The van der Waals surface area contributed by atoms with Crippen LogP contribution in [0.4, 0.5) is 8.78 Å². The lowest BCUT2D eigenvalue weighted by Crippen LogP contribution is -2.54. The number of amides is 1. The summed E-state index contributed by atoms with van der Waals surface area (Å²) in [6, 6.07) is 7.37. The van der Waals surface area contributed by atoms with Gasteiger partial charge < -0.3 is 10.0 Å². The molecule has 3 fully saturated rings. The smallest absolute Gasteiger partial charge is 0.243 e. The second-order valence-electron chi connectivity index (χ2n) is 9.80. The molecular weight excluding hydrogens is 498 g/mol. The minimum atomic E-state index is -4.15. The van der Waals surface area contributed by atoms with Gasteiger partial charge >= 0.3 is 0 Å². The highest BCUT2D eigenvalue weighted by atomic mass is 35.5. The van der Waals surface area contributed by atoms with Gasteiger partial charge in [0, 0.05) is 30.2 Å². The Morgan fingerprint density at radius 2 is 1.69 bits per heavy atom. The number of piperidine rings is 1. The minimum absolute atomic E-state index is 0.00974. The number of carbonyl (C=O) groups is 1. The molecule has 0 spiro atoms. The van der Waals surface area contributed by atoms with Crippen LogP contribution in [0.2, 0.25) is 5.02 Å². The maximum atomic E-state index is 14.2. The highest BCUT2D eigenvalue weighted by Gasteiger charge is 2.62. The van der Waals surface area contributed by atoms with Gasteiger partial charge in [-0.3, -0.25) is 4.79 Å². The molecule has 0 radical (unpaired) electrons. The second-order valence-corrected chi connectivity index (χ2v) is 12.1. The number of hydrogen-bond donors (Lipinski definition) is 1. The summed E-state index contributed by atoms with van der Waals surface area (Å²) in [7, 11) is -4.15. The molecule has 3 aliphatic rings. The van der Waals surface area contributed by atoms with Crippen LogP contribution in [-0.4, -0.2) is 53.9 Å². The van der Waals surface area contributed by atoms with Crippen LogP contribution >= 0.6 is 11.6 Å². The van der Waals surface area contributed by atoms with Crippen LogP contribution in [0.25, 0.3) is 0 Å². The SMILES string of the molecule is O=C(N1CCC(O)C1)C1(C2CCCC(c3cc(F)cc(F)c3)N2S(=O)(=O)c2ccc(Cl)cc2)CC1. The van der Waals surface area contributed by atoms with Gasteiger partial charge in [0.1, 0.15) is 11.6 Å². The van der Waals surface area contributed by atoms with Crippen molar-refractivity contribution in [1.82, 2.24) is 9.21 Å². The molecule has 1 amide bonds. The molecule has 2 aliphatic heterocycles. The Morgan fingerprint density at radius 1 is 1.03 bits per heavy atom. The highest BCUT2D eigenvalue weighted by molar-refractivity contribution is 7.89. The lowest BCUT2D eigenvalue weighted by Gasteiger charge is -2.45. The number of carbonyl (C=O) groups excluding carboxylic acids is 1. The standard InChI is InChI=1S/C25H27ClF2N2O4S/c26-17-4-6-21(7-5-17)35(33,34)30-22(16-12-18(27)14-19(28)13-16)2-1-3-23(30)25(9-10-25)24(32)29-11-8-20(31)15-29/h4-7,12-14,20,22-23,31H,1-3,8-11,15H2. The zero-order chi connectivity index (χ0) is 25.0. The van der Waals surface area contributed by atoms with Crippen molar-refractivity contribution in [3.05, 3.63) is 64.7 Å². The van der Waals surface area contributed by atoms with E-state index in [1.165, 1.54) is 40.7 Å². The van der Waals surface area contributed by atoms with Gasteiger partial charge in [-0.05, 0) is 80.5 Å². The summed E-state index contributed by atoms with van der Waals surface area (Å²) in [6.07, 6.45) is 2.41. The van der Waals surface area contributed by atoms with E-state index in [9.17, 15) is 27.1 Å². The van der Waals surface area contributed by atoms with Crippen molar-refractivity contribution in [2.24, 2.45) is 5.41 Å². The second kappa shape index (κ2) is 9.10. The Hall–Kier alpha value is -2.07. The van der Waals surface area contributed by atoms with E-state index in [0.29, 0.717) is 50.1 Å². The Balaban J connectivity index is 1.60. The maximum Gasteiger partial charge on any atom is 0.243 e. The van der Waals surface area contributed by atoms with Crippen molar-refractivity contribution in [1.29, 1.82) is 0 Å². The van der Waals surface area contributed by atoms with E-state index in [1.54, 1.807) is 4.90 Å². The van der Waals surface area contributed by atoms with Crippen molar-refractivity contribution in [3.63, 3.8) is 0 Å². The van der Waals surface area contributed by atoms with E-state index < -0.39 is 45.3 Å². The third-order valence-corrected chi connectivity index (χ3v) is 9.72. The predicted molar refractivity (Wildman–Crippen MR) is 126 cm³/mol. The summed E-state index contributed by atoms with van der Waals surface area (Å²) < 4.78 is 57.8. The van der Waals surface area contributed by atoms with E-state index in [1.807, 2.05) is 0 Å². The normalized spacial score (nSPS) is 26.6. The molecule has 5 rings (SSSR count). The average molecular weight is 525 g/mol. The summed E-state index contributed by atoms with van der Waals surface area (Å²) in [5.41, 5.74) is -0.682. The molecule has 2 aromatic carbocycles. The molecule has 1 N–H and O–H groups in total. The number of nitrogens with zero attached hydrogens (tertiary/aromatic N) is 2. The number of halogens is 3. The number of aliphatic hydroxyl groups excluding tert-OH is 1. The fraction of sp³-hybridized carbons (Fsp3) is 0.480. The van der Waals surface area contributed by atoms with Gasteiger partial charge in [0.2, 0.25) is 15.9 Å². The number of β-amino-alcohol motifs (C(OH)–C–C–N with tert-alkyl or cyclic N) is 1. The summed E-state index contributed by atoms with van der Waals surface area (Å²) in [6.45, 7) is 0.659. The molecule has 3 unspecified atom stereocenters. The highest BCUT2D eigenvalue weighted by Crippen LogP contribution is 2.57. The first-order chi connectivity index (χ1) is 16.6. The molecule has 6 nitrogen and oxygen atoms in total. The topological polar surface area (TPSA) is 77.9 Å². The van der Waals surface area contributed by atoms with Gasteiger partial charge in [0.05, 0.1) is 22.5 Å².